The molecule has 0 fully saturated rings. The van der Waals surface area contributed by atoms with Gasteiger partial charge in [0.25, 0.3) is 0 Å². The van der Waals surface area contributed by atoms with Crippen molar-refractivity contribution in [2.45, 2.75) is 39.5 Å². The van der Waals surface area contributed by atoms with E-state index in [4.69, 9.17) is 0 Å². The van der Waals surface area contributed by atoms with Gasteiger partial charge in [-0.1, -0.05) is 19.9 Å². The second-order valence-electron chi connectivity index (χ2n) is 3.92. The van der Waals surface area contributed by atoms with Crippen LogP contribution in [0.1, 0.15) is 39.5 Å². The Morgan fingerprint density at radius 3 is 2.82 bits per heavy atom. The van der Waals surface area contributed by atoms with Gasteiger partial charge >= 0.3 is 0 Å². The van der Waals surface area contributed by atoms with Crippen LogP contribution in [0, 0.1) is 11.8 Å². The lowest BCUT2D eigenvalue weighted by molar-refractivity contribution is 0.357. The van der Waals surface area contributed by atoms with Gasteiger partial charge in [-0.3, -0.25) is 0 Å². The van der Waals surface area contributed by atoms with Crippen molar-refractivity contribution in [2.24, 2.45) is 11.8 Å². The minimum atomic E-state index is 0.102. The summed E-state index contributed by atoms with van der Waals surface area (Å²) in [6.07, 6.45) is 5.71. The van der Waals surface area contributed by atoms with E-state index in [1.807, 2.05) is 0 Å². The largest absolute Gasteiger partial charge is 0.212 e. The first-order chi connectivity index (χ1) is 5.18. The number of rotatable bonds is 2. The molecule has 0 N–H and O–H groups in total. The molecule has 0 bridgehead atoms. The van der Waals surface area contributed by atoms with E-state index in [1.54, 1.807) is 6.08 Å². The highest BCUT2D eigenvalue weighted by Gasteiger charge is 2.14. The summed E-state index contributed by atoms with van der Waals surface area (Å²) in [5, 5.41) is 0. The van der Waals surface area contributed by atoms with Gasteiger partial charge < -0.3 is 0 Å². The van der Waals surface area contributed by atoms with E-state index in [9.17, 15) is 4.39 Å². The smallest absolute Gasteiger partial charge is 0.0960 e. The molecule has 0 nitrogen and oxygen atoms in total. The molecule has 0 aliphatic heterocycles. The monoisotopic (exact) mass is 156 g/mol. The van der Waals surface area contributed by atoms with Crippen LogP contribution < -0.4 is 0 Å². The molecule has 0 amide bonds. The molecule has 0 aromatic heterocycles. The van der Waals surface area contributed by atoms with Crippen LogP contribution in [0.4, 0.5) is 4.39 Å². The van der Waals surface area contributed by atoms with Gasteiger partial charge in [0.1, 0.15) is 0 Å². The Bertz CT molecular complexity index is 147. The van der Waals surface area contributed by atoms with Crippen LogP contribution in [0.25, 0.3) is 0 Å². The zero-order valence-corrected chi connectivity index (χ0v) is 7.44. The van der Waals surface area contributed by atoms with E-state index in [2.05, 4.69) is 13.8 Å². The standard InChI is InChI=1S/C10H17F/c1-8(2)7-9-3-5-10(11)6-4-9/h5,8-9H,3-4,6-7H2,1-2H3. The van der Waals surface area contributed by atoms with Crippen LogP contribution >= 0.6 is 0 Å². The summed E-state index contributed by atoms with van der Waals surface area (Å²) in [7, 11) is 0. The molecule has 0 saturated heterocycles. The van der Waals surface area contributed by atoms with Crippen molar-refractivity contribution in [3.63, 3.8) is 0 Å². The summed E-state index contributed by atoms with van der Waals surface area (Å²) in [6.45, 7) is 4.46. The van der Waals surface area contributed by atoms with Crippen LogP contribution in [0.15, 0.2) is 11.9 Å². The third-order valence-corrected chi connectivity index (χ3v) is 2.27. The van der Waals surface area contributed by atoms with E-state index in [1.165, 1.54) is 6.42 Å². The van der Waals surface area contributed by atoms with Crippen molar-refractivity contribution in [3.8, 4) is 0 Å². The minimum Gasteiger partial charge on any atom is -0.212 e. The van der Waals surface area contributed by atoms with Gasteiger partial charge in [-0.15, -0.1) is 0 Å². The Hall–Kier alpha value is -0.330. The molecule has 11 heavy (non-hydrogen) atoms. The van der Waals surface area contributed by atoms with Crippen LogP contribution in [0.2, 0.25) is 0 Å². The summed E-state index contributed by atoms with van der Waals surface area (Å²) < 4.78 is 12.6. The Labute approximate surface area is 68.5 Å². The molecule has 1 aliphatic rings. The molecule has 1 atom stereocenters. The first kappa shape index (κ1) is 8.76. The van der Waals surface area contributed by atoms with Gasteiger partial charge in [-0.25, -0.2) is 4.39 Å². The molecule has 0 saturated carbocycles. The van der Waals surface area contributed by atoms with Crippen molar-refractivity contribution in [1.82, 2.24) is 0 Å². The summed E-state index contributed by atoms with van der Waals surface area (Å²) in [4.78, 5) is 0. The third-order valence-electron chi connectivity index (χ3n) is 2.27. The molecule has 0 spiro atoms. The second kappa shape index (κ2) is 3.89. The van der Waals surface area contributed by atoms with Gasteiger partial charge in [-0.2, -0.15) is 0 Å². The molecule has 0 aromatic rings. The Morgan fingerprint density at radius 2 is 2.36 bits per heavy atom. The molecule has 64 valence electrons. The number of allylic oxidation sites excluding steroid dienone is 2. The topological polar surface area (TPSA) is 0 Å². The summed E-state index contributed by atoms with van der Waals surface area (Å²) >= 11 is 0. The summed E-state index contributed by atoms with van der Waals surface area (Å²) in [5.41, 5.74) is 0. The fraction of sp³-hybridized carbons (Fsp3) is 0.800. The van der Waals surface area contributed by atoms with Gasteiger partial charge in [-0.05, 0) is 37.5 Å². The van der Waals surface area contributed by atoms with Crippen molar-refractivity contribution in [2.75, 3.05) is 0 Å². The Balaban J connectivity index is 2.29. The zero-order valence-electron chi connectivity index (χ0n) is 7.44. The van der Waals surface area contributed by atoms with Crippen LogP contribution in [-0.2, 0) is 0 Å². The zero-order chi connectivity index (χ0) is 8.27. The lowest BCUT2D eigenvalue weighted by Crippen LogP contribution is -2.07. The predicted octanol–water partition coefficient (Wildman–Crippen LogP) is 3.69. The molecular weight excluding hydrogens is 139 g/mol. The average Bonchev–Trinajstić information content (AvgIpc) is 1.93. The maximum absolute atomic E-state index is 12.6. The van der Waals surface area contributed by atoms with E-state index < -0.39 is 0 Å². The van der Waals surface area contributed by atoms with Crippen molar-refractivity contribution in [3.05, 3.63) is 11.9 Å². The minimum absolute atomic E-state index is 0.102. The van der Waals surface area contributed by atoms with Crippen molar-refractivity contribution >= 4 is 0 Å². The molecule has 0 aromatic carbocycles. The highest BCUT2D eigenvalue weighted by atomic mass is 19.1. The molecule has 1 heteroatoms. The summed E-state index contributed by atoms with van der Waals surface area (Å²) in [6, 6.07) is 0. The molecule has 0 heterocycles. The Kier molecular flexibility index (Phi) is 3.10. The van der Waals surface area contributed by atoms with Crippen molar-refractivity contribution in [1.29, 1.82) is 0 Å². The van der Waals surface area contributed by atoms with E-state index in [0.29, 0.717) is 6.42 Å². The van der Waals surface area contributed by atoms with E-state index in [0.717, 1.165) is 24.7 Å². The third kappa shape index (κ3) is 3.04. The lowest BCUT2D eigenvalue weighted by atomic mass is 9.87. The number of halogens is 1. The lowest BCUT2D eigenvalue weighted by Gasteiger charge is -2.20. The highest BCUT2D eigenvalue weighted by molar-refractivity contribution is 4.97. The fourth-order valence-corrected chi connectivity index (χ4v) is 1.74. The molecule has 1 unspecified atom stereocenters. The second-order valence-corrected chi connectivity index (χ2v) is 3.92. The van der Waals surface area contributed by atoms with Crippen LogP contribution in [-0.4, -0.2) is 0 Å². The maximum Gasteiger partial charge on any atom is 0.0960 e. The van der Waals surface area contributed by atoms with E-state index in [-0.39, 0.29) is 5.83 Å². The number of hydrogen-bond donors (Lipinski definition) is 0. The quantitative estimate of drug-likeness (QED) is 0.572. The molecule has 1 aliphatic carbocycles. The van der Waals surface area contributed by atoms with Gasteiger partial charge in [0.05, 0.1) is 5.83 Å². The van der Waals surface area contributed by atoms with Crippen LogP contribution in [0.3, 0.4) is 0 Å². The fourth-order valence-electron chi connectivity index (χ4n) is 1.74. The van der Waals surface area contributed by atoms with Gasteiger partial charge in [0.2, 0.25) is 0 Å². The average molecular weight is 156 g/mol. The van der Waals surface area contributed by atoms with Gasteiger partial charge in [0.15, 0.2) is 0 Å². The van der Waals surface area contributed by atoms with Crippen molar-refractivity contribution < 1.29 is 4.39 Å². The maximum atomic E-state index is 12.6. The first-order valence-electron chi connectivity index (χ1n) is 4.53. The van der Waals surface area contributed by atoms with Crippen LogP contribution in [0.5, 0.6) is 0 Å². The summed E-state index contributed by atoms with van der Waals surface area (Å²) in [5.74, 6) is 1.61. The SMILES string of the molecule is CC(C)CC1CC=C(F)CC1. The molecule has 1 rings (SSSR count). The van der Waals surface area contributed by atoms with E-state index >= 15 is 0 Å². The number of hydrogen-bond acceptors (Lipinski definition) is 0. The normalized spacial score (nSPS) is 25.5. The Morgan fingerprint density at radius 1 is 1.64 bits per heavy atom. The highest BCUT2D eigenvalue weighted by Crippen LogP contribution is 2.28. The first-order valence-corrected chi connectivity index (χ1v) is 4.53. The predicted molar refractivity (Wildman–Crippen MR) is 46.0 cm³/mol. The van der Waals surface area contributed by atoms with Gasteiger partial charge in [0, 0.05) is 0 Å². The molecule has 0 radical (unpaired) electrons. The molecular formula is C10H17F.